The van der Waals surface area contributed by atoms with Gasteiger partial charge in [-0.05, 0) is 31.6 Å². The molecule has 0 saturated heterocycles. The quantitative estimate of drug-likeness (QED) is 0.744. The molecule has 0 aromatic rings. The second kappa shape index (κ2) is 10.2. The van der Waals surface area contributed by atoms with Crippen molar-refractivity contribution in [3.8, 4) is 0 Å². The number of nitrogens with one attached hydrogen (secondary N) is 1. The first kappa shape index (κ1) is 18.4. The summed E-state index contributed by atoms with van der Waals surface area (Å²) in [5.74, 6) is -0.910. The van der Waals surface area contributed by atoms with E-state index in [0.717, 1.165) is 12.1 Å². The fraction of sp³-hybridized carbons (Fsp3) is 0.941. The monoisotopic (exact) mass is 298 g/mol. The Morgan fingerprint density at radius 1 is 0.952 bits per heavy atom. The Balaban J connectivity index is 0.000000240. The van der Waals surface area contributed by atoms with Crippen molar-refractivity contribution >= 4 is 5.97 Å². The first-order valence-electron chi connectivity index (χ1n) is 8.75. The first-order valence-corrected chi connectivity index (χ1v) is 8.75. The van der Waals surface area contributed by atoms with Crippen molar-refractivity contribution in [1.29, 1.82) is 0 Å². The van der Waals surface area contributed by atoms with Gasteiger partial charge in [-0.2, -0.15) is 0 Å². The number of rotatable bonds is 4. The Bertz CT molecular complexity index is 267. The van der Waals surface area contributed by atoms with Gasteiger partial charge >= 0.3 is 5.97 Å². The van der Waals surface area contributed by atoms with Crippen LogP contribution in [0.3, 0.4) is 0 Å². The van der Waals surface area contributed by atoms with Crippen molar-refractivity contribution in [1.82, 2.24) is 5.32 Å². The van der Waals surface area contributed by atoms with Gasteiger partial charge in [0.25, 0.3) is 0 Å². The lowest BCUT2D eigenvalue weighted by atomic mass is 9.91. The minimum Gasteiger partial charge on any atom is -0.480 e. The van der Waals surface area contributed by atoms with E-state index in [-0.39, 0.29) is 5.92 Å². The van der Waals surface area contributed by atoms with Crippen LogP contribution in [0.2, 0.25) is 0 Å². The number of carboxylic acids is 1. The van der Waals surface area contributed by atoms with Gasteiger partial charge in [-0.25, -0.2) is 0 Å². The normalized spacial score (nSPS) is 22.5. The maximum Gasteiger partial charge on any atom is 0.320 e. The zero-order chi connectivity index (χ0) is 15.7. The van der Waals surface area contributed by atoms with E-state index in [4.69, 9.17) is 10.8 Å². The molecule has 0 aliphatic heterocycles. The first-order chi connectivity index (χ1) is 10.0. The van der Waals surface area contributed by atoms with Crippen LogP contribution in [0.15, 0.2) is 0 Å². The highest BCUT2D eigenvalue weighted by atomic mass is 16.4. The SMILES string of the molecule is C1CCC(NC2CCCCC2)CC1.CC(C)[C@H](N)C(=O)O. The Morgan fingerprint density at radius 2 is 1.33 bits per heavy atom. The Morgan fingerprint density at radius 3 is 1.57 bits per heavy atom. The van der Waals surface area contributed by atoms with E-state index < -0.39 is 12.0 Å². The highest BCUT2D eigenvalue weighted by Crippen LogP contribution is 2.22. The molecule has 4 N–H and O–H groups in total. The average molecular weight is 298 g/mol. The predicted molar refractivity (Wildman–Crippen MR) is 87.3 cm³/mol. The van der Waals surface area contributed by atoms with Gasteiger partial charge in [-0.15, -0.1) is 0 Å². The van der Waals surface area contributed by atoms with Crippen molar-refractivity contribution in [2.45, 2.75) is 96.2 Å². The predicted octanol–water partition coefficient (Wildman–Crippen LogP) is 3.30. The van der Waals surface area contributed by atoms with Crippen LogP contribution in [0.4, 0.5) is 0 Å². The van der Waals surface area contributed by atoms with Crippen LogP contribution in [0.25, 0.3) is 0 Å². The van der Waals surface area contributed by atoms with Crippen molar-refractivity contribution in [3.63, 3.8) is 0 Å². The summed E-state index contributed by atoms with van der Waals surface area (Å²) in [5.41, 5.74) is 5.16. The molecule has 124 valence electrons. The van der Waals surface area contributed by atoms with Crippen LogP contribution in [0, 0.1) is 5.92 Å². The molecule has 0 unspecified atom stereocenters. The van der Waals surface area contributed by atoms with Gasteiger partial charge in [0.05, 0.1) is 0 Å². The summed E-state index contributed by atoms with van der Waals surface area (Å²) in [4.78, 5) is 10.0. The molecule has 2 saturated carbocycles. The van der Waals surface area contributed by atoms with Crippen molar-refractivity contribution in [3.05, 3.63) is 0 Å². The number of aliphatic carboxylic acids is 1. The minimum atomic E-state index is -0.931. The fourth-order valence-electron chi connectivity index (χ4n) is 3.16. The summed E-state index contributed by atoms with van der Waals surface area (Å²) in [6.45, 7) is 3.55. The number of hydrogen-bond acceptors (Lipinski definition) is 3. The van der Waals surface area contributed by atoms with E-state index in [1.807, 2.05) is 0 Å². The Hall–Kier alpha value is -0.610. The summed E-state index contributed by atoms with van der Waals surface area (Å²) >= 11 is 0. The van der Waals surface area contributed by atoms with Gasteiger partial charge in [-0.3, -0.25) is 4.79 Å². The average Bonchev–Trinajstić information content (AvgIpc) is 2.49. The maximum atomic E-state index is 10.0. The summed E-state index contributed by atoms with van der Waals surface area (Å²) < 4.78 is 0. The van der Waals surface area contributed by atoms with E-state index in [9.17, 15) is 4.79 Å². The molecule has 0 radical (unpaired) electrons. The molecule has 0 bridgehead atoms. The third kappa shape index (κ3) is 7.82. The highest BCUT2D eigenvalue weighted by Gasteiger charge is 2.19. The van der Waals surface area contributed by atoms with Crippen LogP contribution < -0.4 is 11.1 Å². The molecule has 0 aromatic heterocycles. The molecule has 1 atom stereocenters. The summed E-state index contributed by atoms with van der Waals surface area (Å²) in [6.07, 6.45) is 14.6. The van der Waals surface area contributed by atoms with Crippen LogP contribution in [0.5, 0.6) is 0 Å². The highest BCUT2D eigenvalue weighted by molar-refractivity contribution is 5.73. The molecular formula is C17H34N2O2. The molecule has 0 heterocycles. The minimum absolute atomic E-state index is 0.0208. The zero-order valence-electron chi connectivity index (χ0n) is 13.8. The summed E-state index contributed by atoms with van der Waals surface area (Å²) in [7, 11) is 0. The Labute approximate surface area is 129 Å². The maximum absolute atomic E-state index is 10.0. The van der Waals surface area contributed by atoms with E-state index in [0.29, 0.717) is 0 Å². The standard InChI is InChI=1S/C12H23N.C5H11NO2/c1-3-7-11(8-4-1)13-12-9-5-2-6-10-12;1-3(2)4(6)5(7)8/h11-13H,1-10H2;3-4H,6H2,1-2H3,(H,7,8)/t;4-/m.0/s1. The van der Waals surface area contributed by atoms with E-state index in [1.165, 1.54) is 64.2 Å². The lowest BCUT2D eigenvalue weighted by Gasteiger charge is -2.30. The largest absolute Gasteiger partial charge is 0.480 e. The van der Waals surface area contributed by atoms with E-state index in [2.05, 4.69) is 5.32 Å². The van der Waals surface area contributed by atoms with Crippen LogP contribution >= 0.6 is 0 Å². The summed E-state index contributed by atoms with van der Waals surface area (Å²) in [5, 5.41) is 12.1. The van der Waals surface area contributed by atoms with Crippen LogP contribution in [0.1, 0.15) is 78.1 Å². The van der Waals surface area contributed by atoms with Gasteiger partial charge in [0.2, 0.25) is 0 Å². The second-order valence-electron chi connectivity index (χ2n) is 6.94. The fourth-order valence-corrected chi connectivity index (χ4v) is 3.16. The van der Waals surface area contributed by atoms with Crippen LogP contribution in [-0.4, -0.2) is 29.2 Å². The molecule has 0 amide bonds. The number of hydrogen-bond donors (Lipinski definition) is 3. The van der Waals surface area contributed by atoms with E-state index in [1.54, 1.807) is 13.8 Å². The smallest absolute Gasteiger partial charge is 0.320 e. The molecule has 0 aromatic carbocycles. The van der Waals surface area contributed by atoms with Gasteiger partial charge in [0.15, 0.2) is 0 Å². The zero-order valence-corrected chi connectivity index (χ0v) is 13.8. The van der Waals surface area contributed by atoms with Gasteiger partial charge < -0.3 is 16.2 Å². The molecule has 2 fully saturated rings. The lowest BCUT2D eigenvalue weighted by molar-refractivity contribution is -0.139. The lowest BCUT2D eigenvalue weighted by Crippen LogP contribution is -2.40. The molecule has 2 aliphatic carbocycles. The number of carboxylic acid groups (broad SMARTS) is 1. The molecule has 0 spiro atoms. The molecule has 4 heteroatoms. The topological polar surface area (TPSA) is 75.3 Å². The van der Waals surface area contributed by atoms with Gasteiger partial charge in [0, 0.05) is 12.1 Å². The molecule has 21 heavy (non-hydrogen) atoms. The summed E-state index contributed by atoms with van der Waals surface area (Å²) in [6, 6.07) is 1.03. The van der Waals surface area contributed by atoms with Crippen LogP contribution in [-0.2, 0) is 4.79 Å². The van der Waals surface area contributed by atoms with Crippen molar-refractivity contribution in [2.24, 2.45) is 11.7 Å². The third-order valence-corrected chi connectivity index (χ3v) is 4.69. The second-order valence-corrected chi connectivity index (χ2v) is 6.94. The van der Waals surface area contributed by atoms with Crippen molar-refractivity contribution < 1.29 is 9.90 Å². The number of nitrogens with two attached hydrogens (primary N) is 1. The van der Waals surface area contributed by atoms with Gasteiger partial charge in [-0.1, -0.05) is 52.4 Å². The van der Waals surface area contributed by atoms with Crippen molar-refractivity contribution in [2.75, 3.05) is 0 Å². The molecule has 4 nitrogen and oxygen atoms in total. The van der Waals surface area contributed by atoms with Gasteiger partial charge in [0.1, 0.15) is 6.04 Å². The molecule has 2 aliphatic rings. The number of carbonyl (C=O) groups is 1. The molecule has 2 rings (SSSR count). The third-order valence-electron chi connectivity index (χ3n) is 4.69. The Kier molecular flexibility index (Phi) is 8.93. The molecular weight excluding hydrogens is 264 g/mol. The van der Waals surface area contributed by atoms with E-state index >= 15 is 0 Å².